The summed E-state index contributed by atoms with van der Waals surface area (Å²) in [5, 5.41) is 5.58. The number of urea groups is 1. The van der Waals surface area contributed by atoms with Gasteiger partial charge in [0.05, 0.1) is 18.7 Å². The largest absolute Gasteiger partial charge is 0.466 e. The second-order valence-corrected chi connectivity index (χ2v) is 6.10. The lowest BCUT2D eigenvalue weighted by molar-refractivity contribution is -0.136. The van der Waals surface area contributed by atoms with E-state index >= 15 is 0 Å². The molecular weight excluding hydrogens is 330 g/mol. The molecule has 1 heterocycles. The molecule has 2 rings (SSSR count). The second-order valence-electron chi connectivity index (χ2n) is 6.10. The molecule has 2 amide bonds. The molecule has 1 atom stereocenters. The molecule has 0 aliphatic carbocycles. The van der Waals surface area contributed by atoms with Gasteiger partial charge in [-0.25, -0.2) is 9.59 Å². The zero-order valence-electron chi connectivity index (χ0n) is 15.2. The lowest BCUT2D eigenvalue weighted by Gasteiger charge is -2.31. The number of carbonyl (C=O) groups excluding carboxylic acids is 2. The standard InChI is InChI=1S/C20H25N3O3/c1-5-11-23(12-6-2)13-16-17(19(24)26-4)18(22-20(25)21-16)15-9-7-14(3)8-10-15/h5-10,18H,1-2,11-13H2,3-4H3,(H2,21,22,25)/t18-/m0/s1. The molecule has 1 aromatic rings. The molecule has 0 saturated heterocycles. The van der Waals surface area contributed by atoms with Gasteiger partial charge in [-0.3, -0.25) is 4.90 Å². The number of rotatable bonds is 8. The summed E-state index contributed by atoms with van der Waals surface area (Å²) < 4.78 is 4.99. The lowest BCUT2D eigenvalue weighted by atomic mass is 9.94. The Morgan fingerprint density at radius 1 is 1.23 bits per heavy atom. The summed E-state index contributed by atoms with van der Waals surface area (Å²) in [5.41, 5.74) is 2.84. The van der Waals surface area contributed by atoms with Crippen molar-refractivity contribution in [2.24, 2.45) is 0 Å². The molecular formula is C20H25N3O3. The molecule has 0 aromatic heterocycles. The molecule has 1 aliphatic heterocycles. The zero-order valence-corrected chi connectivity index (χ0v) is 15.2. The molecule has 26 heavy (non-hydrogen) atoms. The first-order valence-electron chi connectivity index (χ1n) is 8.39. The van der Waals surface area contributed by atoms with E-state index in [1.54, 1.807) is 12.2 Å². The van der Waals surface area contributed by atoms with Crippen molar-refractivity contribution in [2.45, 2.75) is 13.0 Å². The van der Waals surface area contributed by atoms with Crippen LogP contribution >= 0.6 is 0 Å². The molecule has 6 heteroatoms. The van der Waals surface area contributed by atoms with Crippen LogP contribution in [-0.2, 0) is 9.53 Å². The summed E-state index contributed by atoms with van der Waals surface area (Å²) in [7, 11) is 1.33. The topological polar surface area (TPSA) is 70.7 Å². The van der Waals surface area contributed by atoms with Crippen molar-refractivity contribution in [2.75, 3.05) is 26.7 Å². The summed E-state index contributed by atoms with van der Waals surface area (Å²) >= 11 is 0. The number of benzene rings is 1. The Kier molecular flexibility index (Phi) is 6.74. The number of ether oxygens (including phenoxy) is 1. The smallest absolute Gasteiger partial charge is 0.338 e. The van der Waals surface area contributed by atoms with Gasteiger partial charge in [0, 0.05) is 25.3 Å². The van der Waals surface area contributed by atoms with Gasteiger partial charge in [0.2, 0.25) is 0 Å². The van der Waals surface area contributed by atoms with Gasteiger partial charge in [-0.1, -0.05) is 42.0 Å². The van der Waals surface area contributed by atoms with E-state index in [4.69, 9.17) is 4.74 Å². The summed E-state index contributed by atoms with van der Waals surface area (Å²) in [6.07, 6.45) is 3.53. The highest BCUT2D eigenvalue weighted by Gasteiger charge is 2.33. The van der Waals surface area contributed by atoms with E-state index in [1.165, 1.54) is 7.11 Å². The predicted molar refractivity (Wildman–Crippen MR) is 101 cm³/mol. The van der Waals surface area contributed by atoms with E-state index in [9.17, 15) is 9.59 Å². The Morgan fingerprint density at radius 3 is 2.38 bits per heavy atom. The number of hydrogen-bond donors (Lipinski definition) is 2. The first-order valence-corrected chi connectivity index (χ1v) is 8.39. The molecule has 1 aromatic carbocycles. The second kappa shape index (κ2) is 9.01. The van der Waals surface area contributed by atoms with Crippen molar-refractivity contribution in [1.82, 2.24) is 15.5 Å². The van der Waals surface area contributed by atoms with Crippen LogP contribution < -0.4 is 10.6 Å². The van der Waals surface area contributed by atoms with Crippen LogP contribution in [0.5, 0.6) is 0 Å². The van der Waals surface area contributed by atoms with E-state index in [0.717, 1.165) is 11.1 Å². The third kappa shape index (κ3) is 4.61. The summed E-state index contributed by atoms with van der Waals surface area (Å²) in [6.45, 7) is 11.1. The summed E-state index contributed by atoms with van der Waals surface area (Å²) in [6, 6.07) is 6.77. The minimum absolute atomic E-state index is 0.351. The number of hydrogen-bond acceptors (Lipinski definition) is 4. The molecule has 0 saturated carbocycles. The average molecular weight is 355 g/mol. The van der Waals surface area contributed by atoms with Gasteiger partial charge < -0.3 is 15.4 Å². The van der Waals surface area contributed by atoms with E-state index < -0.39 is 12.0 Å². The quantitative estimate of drug-likeness (QED) is 0.555. The van der Waals surface area contributed by atoms with Crippen LogP contribution in [0.2, 0.25) is 0 Å². The Morgan fingerprint density at radius 2 is 1.85 bits per heavy atom. The van der Waals surface area contributed by atoms with E-state index in [0.29, 0.717) is 30.9 Å². The highest BCUT2D eigenvalue weighted by Crippen LogP contribution is 2.28. The first-order chi connectivity index (χ1) is 12.5. The van der Waals surface area contributed by atoms with Gasteiger partial charge in [0.1, 0.15) is 0 Å². The summed E-state index contributed by atoms with van der Waals surface area (Å²) in [4.78, 5) is 26.7. The monoisotopic (exact) mass is 355 g/mol. The molecule has 6 nitrogen and oxygen atoms in total. The third-order valence-electron chi connectivity index (χ3n) is 4.13. The van der Waals surface area contributed by atoms with Crippen LogP contribution in [0.15, 0.2) is 60.8 Å². The molecule has 0 radical (unpaired) electrons. The Labute approximate surface area is 154 Å². The third-order valence-corrected chi connectivity index (χ3v) is 4.13. The highest BCUT2D eigenvalue weighted by atomic mass is 16.5. The minimum Gasteiger partial charge on any atom is -0.466 e. The molecule has 1 aliphatic rings. The number of methoxy groups -OCH3 is 1. The Bertz CT molecular complexity index is 712. The number of nitrogens with one attached hydrogen (secondary N) is 2. The Hall–Kier alpha value is -2.86. The highest BCUT2D eigenvalue weighted by molar-refractivity contribution is 5.95. The number of aryl methyl sites for hydroxylation is 1. The van der Waals surface area contributed by atoms with Crippen LogP contribution in [0.1, 0.15) is 17.2 Å². The van der Waals surface area contributed by atoms with Gasteiger partial charge in [-0.05, 0) is 12.5 Å². The molecule has 0 spiro atoms. The van der Waals surface area contributed by atoms with Crippen molar-refractivity contribution in [3.05, 3.63) is 72.0 Å². The number of carbonyl (C=O) groups is 2. The SMILES string of the molecule is C=CCN(CC=C)CC1=C(C(=O)OC)[C@H](c2ccc(C)cc2)NC(=O)N1. The summed E-state index contributed by atoms with van der Waals surface area (Å²) in [5.74, 6) is -0.477. The van der Waals surface area contributed by atoms with Crippen molar-refractivity contribution in [3.63, 3.8) is 0 Å². The van der Waals surface area contributed by atoms with Gasteiger partial charge in [0.25, 0.3) is 0 Å². The van der Waals surface area contributed by atoms with Gasteiger partial charge in [-0.2, -0.15) is 0 Å². The van der Waals surface area contributed by atoms with Crippen molar-refractivity contribution < 1.29 is 14.3 Å². The predicted octanol–water partition coefficient (Wildman–Crippen LogP) is 2.45. The minimum atomic E-state index is -0.568. The van der Waals surface area contributed by atoms with Crippen LogP contribution in [0.4, 0.5) is 4.79 Å². The maximum Gasteiger partial charge on any atom is 0.338 e. The van der Waals surface area contributed by atoms with Crippen LogP contribution in [0, 0.1) is 6.92 Å². The van der Waals surface area contributed by atoms with Gasteiger partial charge in [-0.15, -0.1) is 13.2 Å². The maximum atomic E-state index is 12.5. The molecule has 0 unspecified atom stereocenters. The molecule has 138 valence electrons. The number of nitrogens with zero attached hydrogens (tertiary/aromatic N) is 1. The molecule has 0 bridgehead atoms. The normalized spacial score (nSPS) is 16.7. The van der Waals surface area contributed by atoms with Gasteiger partial charge in [0.15, 0.2) is 0 Å². The number of amides is 2. The fourth-order valence-electron chi connectivity index (χ4n) is 2.89. The number of esters is 1. The zero-order chi connectivity index (χ0) is 19.1. The van der Waals surface area contributed by atoms with Crippen molar-refractivity contribution in [3.8, 4) is 0 Å². The van der Waals surface area contributed by atoms with Crippen LogP contribution in [0.3, 0.4) is 0 Å². The van der Waals surface area contributed by atoms with E-state index in [2.05, 4.69) is 23.8 Å². The first kappa shape index (κ1) is 19.5. The fraction of sp³-hybridized carbons (Fsp3) is 0.300. The van der Waals surface area contributed by atoms with Crippen LogP contribution in [-0.4, -0.2) is 43.6 Å². The maximum absolute atomic E-state index is 12.5. The Balaban J connectivity index is 2.47. The molecule has 0 fully saturated rings. The fourth-order valence-corrected chi connectivity index (χ4v) is 2.89. The van der Waals surface area contributed by atoms with Crippen molar-refractivity contribution in [1.29, 1.82) is 0 Å². The van der Waals surface area contributed by atoms with Crippen LogP contribution in [0.25, 0.3) is 0 Å². The average Bonchev–Trinajstić information content (AvgIpc) is 2.61. The molecule has 2 N–H and O–H groups in total. The van der Waals surface area contributed by atoms with E-state index in [-0.39, 0.29) is 6.03 Å². The van der Waals surface area contributed by atoms with Gasteiger partial charge >= 0.3 is 12.0 Å². The van der Waals surface area contributed by atoms with E-state index in [1.807, 2.05) is 36.1 Å². The van der Waals surface area contributed by atoms with Crippen molar-refractivity contribution >= 4 is 12.0 Å². The lowest BCUT2D eigenvalue weighted by Crippen LogP contribution is -2.48.